The lowest BCUT2D eigenvalue weighted by atomic mass is 9.80. The zero-order valence-electron chi connectivity index (χ0n) is 25.9. The fourth-order valence-electron chi connectivity index (χ4n) is 7.97. The molecule has 0 amide bonds. The maximum absolute atomic E-state index is 14.4. The van der Waals surface area contributed by atoms with Gasteiger partial charge in [-0.05, 0) is 48.5 Å². The van der Waals surface area contributed by atoms with E-state index in [0.717, 1.165) is 0 Å². The summed E-state index contributed by atoms with van der Waals surface area (Å²) in [6.45, 7) is 13.1. The SMILES string of the molecule is CC(=O)O[C@@H]1[C@@H]2[C@H]([C@@H](OC(=O)c3ccccc3)[C@H](OC(C)=O)/C(C)=C/[C@@]34O[C@@]3(C[C@H](C)[C@@H]4OC(C)=O)C(=O)[C@@H]1C)C2(C)C. The molecule has 10 atom stereocenters. The highest BCUT2D eigenvalue weighted by Gasteiger charge is 2.84. The molecular weight excluding hydrogens is 556 g/mol. The van der Waals surface area contributed by atoms with Crippen LogP contribution in [0.2, 0.25) is 0 Å². The van der Waals surface area contributed by atoms with Crippen molar-refractivity contribution >= 4 is 29.7 Å². The summed E-state index contributed by atoms with van der Waals surface area (Å²) in [6, 6.07) is 8.48. The molecule has 0 spiro atoms. The van der Waals surface area contributed by atoms with Gasteiger partial charge in [0, 0.05) is 32.6 Å². The molecule has 0 bridgehead atoms. The van der Waals surface area contributed by atoms with Crippen LogP contribution in [0.4, 0.5) is 0 Å². The standard InChI is InChI=1S/C33H40O10/c1-16-14-33-29(41-21(6)36)17(2)15-32(33,43-33)28(37)18(3)26(40-20(5)35)23-24(31(23,7)8)27(25(16)39-19(4)34)42-30(38)22-12-10-9-11-13-22/h9-14,17-18,23-27,29H,15H2,1-8H3/b16-14+/t17-,18+,23-,24+,25+,26-,27+,29-,32-,33-/m0/s1. The van der Waals surface area contributed by atoms with Crippen LogP contribution in [0.5, 0.6) is 0 Å². The van der Waals surface area contributed by atoms with Gasteiger partial charge in [0.2, 0.25) is 0 Å². The number of ether oxygens (including phenoxy) is 5. The predicted octanol–water partition coefficient (Wildman–Crippen LogP) is 3.99. The zero-order valence-corrected chi connectivity index (χ0v) is 25.9. The molecule has 3 aliphatic carbocycles. The summed E-state index contributed by atoms with van der Waals surface area (Å²) < 4.78 is 30.1. The van der Waals surface area contributed by atoms with Gasteiger partial charge in [-0.3, -0.25) is 19.2 Å². The van der Waals surface area contributed by atoms with E-state index in [4.69, 9.17) is 23.7 Å². The van der Waals surface area contributed by atoms with Crippen LogP contribution in [0.15, 0.2) is 42.0 Å². The van der Waals surface area contributed by atoms with Crippen LogP contribution in [-0.2, 0) is 42.9 Å². The van der Waals surface area contributed by atoms with Crippen LogP contribution in [0.3, 0.4) is 0 Å². The third kappa shape index (κ3) is 4.97. The Morgan fingerprint density at radius 3 is 2.00 bits per heavy atom. The predicted molar refractivity (Wildman–Crippen MR) is 151 cm³/mol. The quantitative estimate of drug-likeness (QED) is 0.212. The number of epoxide rings is 1. The van der Waals surface area contributed by atoms with Gasteiger partial charge in [0.25, 0.3) is 0 Å². The fraction of sp³-hybridized carbons (Fsp3) is 0.606. The molecular formula is C33H40O10. The highest BCUT2D eigenvalue weighted by Crippen LogP contribution is 2.69. The smallest absolute Gasteiger partial charge is 0.338 e. The topological polar surface area (TPSA) is 135 Å². The van der Waals surface area contributed by atoms with E-state index in [9.17, 15) is 24.0 Å². The van der Waals surface area contributed by atoms with Gasteiger partial charge in [-0.1, -0.05) is 45.9 Å². The van der Waals surface area contributed by atoms with Crippen LogP contribution >= 0.6 is 0 Å². The summed E-state index contributed by atoms with van der Waals surface area (Å²) in [6.07, 6.45) is -1.74. The zero-order chi connectivity index (χ0) is 31.6. The molecule has 0 radical (unpaired) electrons. The molecule has 2 saturated carbocycles. The first-order valence-corrected chi connectivity index (χ1v) is 14.8. The lowest BCUT2D eigenvalue weighted by Crippen LogP contribution is -2.43. The average molecular weight is 597 g/mol. The number of fused-ring (bicyclic) bond motifs is 1. The minimum atomic E-state index is -1.33. The van der Waals surface area contributed by atoms with Crippen molar-refractivity contribution in [3.63, 3.8) is 0 Å². The molecule has 43 heavy (non-hydrogen) atoms. The van der Waals surface area contributed by atoms with E-state index in [2.05, 4.69) is 0 Å². The van der Waals surface area contributed by atoms with Crippen LogP contribution in [0, 0.1) is 29.1 Å². The van der Waals surface area contributed by atoms with E-state index < -0.39 is 82.7 Å². The second kappa shape index (κ2) is 10.6. The molecule has 1 aliphatic heterocycles. The van der Waals surface area contributed by atoms with Crippen LogP contribution in [0.25, 0.3) is 0 Å². The van der Waals surface area contributed by atoms with Crippen molar-refractivity contribution in [3.8, 4) is 0 Å². The Hall–Kier alpha value is -3.53. The molecule has 1 aromatic carbocycles. The Kier molecular flexibility index (Phi) is 7.60. The van der Waals surface area contributed by atoms with Crippen molar-refractivity contribution < 1.29 is 47.7 Å². The number of esters is 4. The molecule has 4 aliphatic rings. The first-order chi connectivity index (χ1) is 20.1. The van der Waals surface area contributed by atoms with Crippen molar-refractivity contribution in [1.82, 2.24) is 0 Å². The van der Waals surface area contributed by atoms with E-state index in [1.807, 2.05) is 20.8 Å². The van der Waals surface area contributed by atoms with Gasteiger partial charge in [-0.25, -0.2) is 4.79 Å². The molecule has 1 saturated heterocycles. The minimum Gasteiger partial charge on any atom is -0.461 e. The number of hydrogen-bond acceptors (Lipinski definition) is 10. The number of ketones is 1. The highest BCUT2D eigenvalue weighted by atomic mass is 16.7. The second-order valence-electron chi connectivity index (χ2n) is 13.2. The Bertz CT molecular complexity index is 1380. The average Bonchev–Trinajstić information content (AvgIpc) is 3.71. The Morgan fingerprint density at radius 1 is 0.837 bits per heavy atom. The fourth-order valence-corrected chi connectivity index (χ4v) is 7.97. The van der Waals surface area contributed by atoms with Crippen LogP contribution in [0.1, 0.15) is 72.2 Å². The van der Waals surface area contributed by atoms with Crippen molar-refractivity contribution in [2.75, 3.05) is 0 Å². The van der Waals surface area contributed by atoms with Gasteiger partial charge in [-0.15, -0.1) is 0 Å². The molecule has 0 aromatic heterocycles. The number of carbonyl (C=O) groups is 5. The normalized spacial score (nSPS) is 40.2. The first-order valence-electron chi connectivity index (χ1n) is 14.8. The summed E-state index contributed by atoms with van der Waals surface area (Å²) in [5.74, 6) is -4.43. The van der Waals surface area contributed by atoms with Crippen LogP contribution < -0.4 is 0 Å². The molecule has 1 aromatic rings. The number of carbonyl (C=O) groups excluding carboxylic acids is 5. The van der Waals surface area contributed by atoms with E-state index in [-0.39, 0.29) is 18.1 Å². The lowest BCUT2D eigenvalue weighted by Gasteiger charge is -2.30. The molecule has 232 valence electrons. The molecule has 10 heteroatoms. The van der Waals surface area contributed by atoms with Crippen LogP contribution in [-0.4, -0.2) is 65.3 Å². The van der Waals surface area contributed by atoms with E-state index in [0.29, 0.717) is 11.1 Å². The van der Waals surface area contributed by atoms with E-state index in [1.54, 1.807) is 50.3 Å². The second-order valence-corrected chi connectivity index (χ2v) is 13.2. The number of rotatable bonds is 5. The monoisotopic (exact) mass is 596 g/mol. The van der Waals surface area contributed by atoms with Crippen molar-refractivity contribution in [2.24, 2.45) is 29.1 Å². The number of benzene rings is 1. The molecule has 10 nitrogen and oxygen atoms in total. The summed E-state index contributed by atoms with van der Waals surface area (Å²) in [4.78, 5) is 65.0. The van der Waals surface area contributed by atoms with Crippen molar-refractivity contribution in [2.45, 2.75) is 97.4 Å². The van der Waals surface area contributed by atoms with E-state index in [1.165, 1.54) is 20.8 Å². The molecule has 3 fully saturated rings. The molecule has 0 N–H and O–H groups in total. The maximum Gasteiger partial charge on any atom is 0.338 e. The van der Waals surface area contributed by atoms with Crippen molar-refractivity contribution in [3.05, 3.63) is 47.5 Å². The van der Waals surface area contributed by atoms with Gasteiger partial charge < -0.3 is 23.7 Å². The van der Waals surface area contributed by atoms with Gasteiger partial charge in [0.05, 0.1) is 11.5 Å². The van der Waals surface area contributed by atoms with Gasteiger partial charge >= 0.3 is 23.9 Å². The Balaban J connectivity index is 1.69. The number of Topliss-reactive ketones (excluding diaryl/α,β-unsaturated/α-hetero) is 1. The minimum absolute atomic E-state index is 0.239. The largest absolute Gasteiger partial charge is 0.461 e. The van der Waals surface area contributed by atoms with Gasteiger partial charge in [0.15, 0.2) is 23.1 Å². The lowest BCUT2D eigenvalue weighted by molar-refractivity contribution is -0.154. The van der Waals surface area contributed by atoms with E-state index >= 15 is 0 Å². The summed E-state index contributed by atoms with van der Waals surface area (Å²) >= 11 is 0. The van der Waals surface area contributed by atoms with Gasteiger partial charge in [0.1, 0.15) is 18.3 Å². The Labute approximate surface area is 251 Å². The van der Waals surface area contributed by atoms with Crippen molar-refractivity contribution in [1.29, 1.82) is 0 Å². The summed E-state index contributed by atoms with van der Waals surface area (Å²) in [5.41, 5.74) is -2.43. The summed E-state index contributed by atoms with van der Waals surface area (Å²) in [5, 5.41) is 0. The molecule has 5 rings (SSSR count). The summed E-state index contributed by atoms with van der Waals surface area (Å²) in [7, 11) is 0. The number of hydrogen-bond donors (Lipinski definition) is 0. The maximum atomic E-state index is 14.4. The first kappa shape index (κ1) is 30.9. The molecule has 0 unspecified atom stereocenters. The Morgan fingerprint density at radius 2 is 1.42 bits per heavy atom. The third-order valence-corrected chi connectivity index (χ3v) is 9.82. The third-order valence-electron chi connectivity index (χ3n) is 9.82. The highest BCUT2D eigenvalue weighted by molar-refractivity contribution is 5.96. The molecule has 1 heterocycles. The van der Waals surface area contributed by atoms with Gasteiger partial charge in [-0.2, -0.15) is 0 Å².